The summed E-state index contributed by atoms with van der Waals surface area (Å²) in [6.07, 6.45) is 3.10. The van der Waals surface area contributed by atoms with Crippen molar-refractivity contribution in [3.8, 4) is 0 Å². The molecule has 1 amide bonds. The molecule has 2 aromatic rings. The number of sulfone groups is 1. The van der Waals surface area contributed by atoms with E-state index in [1.807, 2.05) is 0 Å². The first-order valence-electron chi connectivity index (χ1n) is 7.22. The maximum absolute atomic E-state index is 13.9. The zero-order valence-electron chi connectivity index (χ0n) is 12.8. The lowest BCUT2D eigenvalue weighted by molar-refractivity contribution is 0.0692. The Hall–Kier alpha value is -2.29. The summed E-state index contributed by atoms with van der Waals surface area (Å²) in [5, 5.41) is 4.00. The molecule has 0 unspecified atom stereocenters. The van der Waals surface area contributed by atoms with Gasteiger partial charge < -0.3 is 4.90 Å². The number of aryl methyl sites for hydroxylation is 1. The van der Waals surface area contributed by atoms with E-state index in [4.69, 9.17) is 0 Å². The van der Waals surface area contributed by atoms with Gasteiger partial charge in [0.1, 0.15) is 11.6 Å². The smallest absolute Gasteiger partial charge is 0.257 e. The second-order valence-corrected chi connectivity index (χ2v) is 7.93. The summed E-state index contributed by atoms with van der Waals surface area (Å²) >= 11 is 0. The number of benzene rings is 1. The highest BCUT2D eigenvalue weighted by Crippen LogP contribution is 2.28. The van der Waals surface area contributed by atoms with Crippen molar-refractivity contribution in [2.45, 2.75) is 6.04 Å². The zero-order valence-corrected chi connectivity index (χ0v) is 13.6. The number of halogens is 2. The number of aromatic nitrogens is 2. The Morgan fingerprint density at radius 1 is 1.33 bits per heavy atom. The Labute approximate surface area is 137 Å². The van der Waals surface area contributed by atoms with E-state index in [2.05, 4.69) is 5.10 Å². The molecule has 1 atom stereocenters. The first-order valence-corrected chi connectivity index (χ1v) is 9.04. The van der Waals surface area contributed by atoms with Crippen LogP contribution in [0.4, 0.5) is 8.78 Å². The average Bonchev–Trinajstić information content (AvgIpc) is 2.92. The first-order chi connectivity index (χ1) is 11.3. The standard InChI is InChI=1S/C15H15F2N3O3S/c1-19-8-10(7-18-19)14-9-24(22,23)5-4-20(14)15(21)12-3-2-11(16)6-13(12)17/h2-3,6-8,14H,4-5,9H2,1H3/t14-/m0/s1. The fourth-order valence-electron chi connectivity index (χ4n) is 2.76. The number of rotatable bonds is 2. The summed E-state index contributed by atoms with van der Waals surface area (Å²) in [6, 6.07) is 1.94. The summed E-state index contributed by atoms with van der Waals surface area (Å²) in [4.78, 5) is 14.0. The quantitative estimate of drug-likeness (QED) is 0.814. The van der Waals surface area contributed by atoms with Crippen LogP contribution in [-0.2, 0) is 16.9 Å². The molecule has 1 aliphatic heterocycles. The summed E-state index contributed by atoms with van der Waals surface area (Å²) < 4.78 is 52.4. The molecule has 3 rings (SSSR count). The summed E-state index contributed by atoms with van der Waals surface area (Å²) in [5.74, 6) is -2.88. The van der Waals surface area contributed by atoms with E-state index >= 15 is 0 Å². The lowest BCUT2D eigenvalue weighted by Crippen LogP contribution is -2.46. The molecule has 0 bridgehead atoms. The van der Waals surface area contributed by atoms with Gasteiger partial charge in [-0.15, -0.1) is 0 Å². The number of nitrogens with zero attached hydrogens (tertiary/aromatic N) is 3. The minimum atomic E-state index is -3.32. The maximum atomic E-state index is 13.9. The van der Waals surface area contributed by atoms with E-state index in [1.54, 1.807) is 13.2 Å². The molecule has 1 aromatic carbocycles. The Bertz CT molecular complexity index is 895. The molecule has 0 aliphatic carbocycles. The van der Waals surface area contributed by atoms with Gasteiger partial charge in [-0.25, -0.2) is 17.2 Å². The van der Waals surface area contributed by atoms with Crippen molar-refractivity contribution in [3.05, 3.63) is 53.4 Å². The minimum absolute atomic E-state index is 0.0580. The van der Waals surface area contributed by atoms with Gasteiger partial charge >= 0.3 is 0 Å². The van der Waals surface area contributed by atoms with Crippen LogP contribution in [0.25, 0.3) is 0 Å². The number of amides is 1. The number of carbonyl (C=O) groups is 1. The number of carbonyl (C=O) groups excluding carboxylic acids is 1. The van der Waals surface area contributed by atoms with E-state index in [0.717, 1.165) is 12.1 Å². The molecular weight excluding hydrogens is 340 g/mol. The fraction of sp³-hybridized carbons (Fsp3) is 0.333. The Kier molecular flexibility index (Phi) is 4.12. The molecule has 128 valence electrons. The highest BCUT2D eigenvalue weighted by atomic mass is 32.2. The normalized spacial score (nSPS) is 20.1. The van der Waals surface area contributed by atoms with E-state index in [9.17, 15) is 22.0 Å². The van der Waals surface area contributed by atoms with Gasteiger partial charge in [0.25, 0.3) is 5.91 Å². The van der Waals surface area contributed by atoms with Gasteiger partial charge in [-0.3, -0.25) is 9.48 Å². The van der Waals surface area contributed by atoms with Crippen LogP contribution < -0.4 is 0 Å². The molecule has 9 heteroatoms. The topological polar surface area (TPSA) is 72.3 Å². The van der Waals surface area contributed by atoms with Crippen molar-refractivity contribution in [3.63, 3.8) is 0 Å². The van der Waals surface area contributed by atoms with Crippen LogP contribution >= 0.6 is 0 Å². The molecule has 24 heavy (non-hydrogen) atoms. The van der Waals surface area contributed by atoms with Crippen molar-refractivity contribution in [1.82, 2.24) is 14.7 Å². The molecule has 1 fully saturated rings. The second-order valence-electron chi connectivity index (χ2n) is 5.70. The summed E-state index contributed by atoms with van der Waals surface area (Å²) in [5.41, 5.74) is 0.265. The lowest BCUT2D eigenvalue weighted by atomic mass is 10.1. The highest BCUT2D eigenvalue weighted by molar-refractivity contribution is 7.91. The summed E-state index contributed by atoms with van der Waals surface area (Å²) in [7, 11) is -1.65. The van der Waals surface area contributed by atoms with Crippen molar-refractivity contribution in [1.29, 1.82) is 0 Å². The largest absolute Gasteiger partial charge is 0.329 e. The van der Waals surface area contributed by atoms with Gasteiger partial charge in [-0.05, 0) is 12.1 Å². The Balaban J connectivity index is 1.98. The SMILES string of the molecule is Cn1cc([C@@H]2CS(=O)(=O)CCN2C(=O)c2ccc(F)cc2F)cn1. The maximum Gasteiger partial charge on any atom is 0.257 e. The lowest BCUT2D eigenvalue weighted by Gasteiger charge is -2.35. The second kappa shape index (κ2) is 5.97. The van der Waals surface area contributed by atoms with Gasteiger partial charge in [-0.2, -0.15) is 5.10 Å². The molecular formula is C15H15F2N3O3S. The minimum Gasteiger partial charge on any atom is -0.329 e. The number of hydrogen-bond donors (Lipinski definition) is 0. The molecule has 1 saturated heterocycles. The van der Waals surface area contributed by atoms with Crippen LogP contribution in [-0.4, -0.2) is 47.1 Å². The van der Waals surface area contributed by atoms with Crippen LogP contribution in [0, 0.1) is 11.6 Å². The predicted molar refractivity (Wildman–Crippen MR) is 82.0 cm³/mol. The molecule has 1 aromatic heterocycles. The van der Waals surface area contributed by atoms with Crippen LogP contribution in [0.1, 0.15) is 22.0 Å². The van der Waals surface area contributed by atoms with Crippen LogP contribution in [0.3, 0.4) is 0 Å². The fourth-order valence-corrected chi connectivity index (χ4v) is 4.25. The third kappa shape index (κ3) is 3.16. The Morgan fingerprint density at radius 3 is 2.71 bits per heavy atom. The van der Waals surface area contributed by atoms with Gasteiger partial charge in [0.05, 0.1) is 29.3 Å². The zero-order chi connectivity index (χ0) is 17.5. The molecule has 2 heterocycles. The van der Waals surface area contributed by atoms with E-state index in [1.165, 1.54) is 15.8 Å². The van der Waals surface area contributed by atoms with Crippen LogP contribution in [0.5, 0.6) is 0 Å². The molecule has 6 nitrogen and oxygen atoms in total. The molecule has 1 aliphatic rings. The van der Waals surface area contributed by atoms with Crippen molar-refractivity contribution in [2.75, 3.05) is 18.1 Å². The molecule has 0 saturated carbocycles. The van der Waals surface area contributed by atoms with E-state index in [0.29, 0.717) is 11.6 Å². The number of hydrogen-bond acceptors (Lipinski definition) is 4. The van der Waals surface area contributed by atoms with Crippen molar-refractivity contribution < 1.29 is 22.0 Å². The monoisotopic (exact) mass is 355 g/mol. The Morgan fingerprint density at radius 2 is 2.08 bits per heavy atom. The van der Waals surface area contributed by atoms with Gasteiger partial charge in [0.2, 0.25) is 0 Å². The van der Waals surface area contributed by atoms with E-state index in [-0.39, 0.29) is 23.6 Å². The molecule has 0 N–H and O–H groups in total. The average molecular weight is 355 g/mol. The third-order valence-corrected chi connectivity index (χ3v) is 5.59. The highest BCUT2D eigenvalue weighted by Gasteiger charge is 2.36. The van der Waals surface area contributed by atoms with Gasteiger partial charge in [0, 0.05) is 31.4 Å². The molecule has 0 spiro atoms. The van der Waals surface area contributed by atoms with Crippen molar-refractivity contribution in [2.24, 2.45) is 7.05 Å². The summed E-state index contributed by atoms with van der Waals surface area (Å²) in [6.45, 7) is -0.0580. The van der Waals surface area contributed by atoms with Gasteiger partial charge in [-0.1, -0.05) is 0 Å². The van der Waals surface area contributed by atoms with E-state index < -0.39 is 33.4 Å². The first kappa shape index (κ1) is 16.6. The van der Waals surface area contributed by atoms with Crippen LogP contribution in [0.2, 0.25) is 0 Å². The molecule has 0 radical (unpaired) electrons. The third-order valence-electron chi connectivity index (χ3n) is 3.96. The van der Waals surface area contributed by atoms with Crippen LogP contribution in [0.15, 0.2) is 30.6 Å². The predicted octanol–water partition coefficient (Wildman–Crippen LogP) is 1.31. The van der Waals surface area contributed by atoms with Gasteiger partial charge in [0.15, 0.2) is 9.84 Å². The van der Waals surface area contributed by atoms with Crippen molar-refractivity contribution >= 4 is 15.7 Å².